The number of aliphatic carboxylic acids is 1. The van der Waals surface area contributed by atoms with E-state index in [-0.39, 0.29) is 12.1 Å². The predicted molar refractivity (Wildman–Crippen MR) is 68.0 cm³/mol. The summed E-state index contributed by atoms with van der Waals surface area (Å²) in [6.07, 6.45) is 1.99. The Balaban J connectivity index is 2.03. The monoisotopic (exact) mass is 274 g/mol. The maximum absolute atomic E-state index is 11.4. The molecular weight excluding hydrogens is 252 g/mol. The standard InChI is InChI=1S/C12H22N2O5/c1-18-7-3-2-6-13-12(17)14-8-9-4-5-10(19-9)11(15)16/h9-10H,2-8H2,1H3,(H,15,16)(H2,13,14,17). The van der Waals surface area contributed by atoms with E-state index in [1.807, 2.05) is 0 Å². The van der Waals surface area contributed by atoms with Crippen molar-refractivity contribution in [3.05, 3.63) is 0 Å². The van der Waals surface area contributed by atoms with Gasteiger partial charge >= 0.3 is 12.0 Å². The summed E-state index contributed by atoms with van der Waals surface area (Å²) in [5.41, 5.74) is 0. The van der Waals surface area contributed by atoms with Crippen LogP contribution in [0.4, 0.5) is 4.79 Å². The van der Waals surface area contributed by atoms with Gasteiger partial charge in [-0.1, -0.05) is 0 Å². The minimum Gasteiger partial charge on any atom is -0.479 e. The molecule has 0 aromatic heterocycles. The third-order valence-electron chi connectivity index (χ3n) is 2.93. The largest absolute Gasteiger partial charge is 0.479 e. The summed E-state index contributed by atoms with van der Waals surface area (Å²) in [7, 11) is 1.64. The van der Waals surface area contributed by atoms with Gasteiger partial charge in [-0.3, -0.25) is 0 Å². The Kier molecular flexibility index (Phi) is 7.20. The average molecular weight is 274 g/mol. The highest BCUT2D eigenvalue weighted by Crippen LogP contribution is 2.18. The number of carboxylic acid groups (broad SMARTS) is 1. The molecule has 19 heavy (non-hydrogen) atoms. The highest BCUT2D eigenvalue weighted by Gasteiger charge is 2.30. The fourth-order valence-corrected chi connectivity index (χ4v) is 1.88. The molecule has 2 atom stereocenters. The van der Waals surface area contributed by atoms with Gasteiger partial charge in [-0.15, -0.1) is 0 Å². The molecule has 1 fully saturated rings. The van der Waals surface area contributed by atoms with Gasteiger partial charge in [0.2, 0.25) is 0 Å². The molecule has 110 valence electrons. The lowest BCUT2D eigenvalue weighted by Crippen LogP contribution is -2.40. The van der Waals surface area contributed by atoms with Crippen molar-refractivity contribution in [3.63, 3.8) is 0 Å². The zero-order valence-electron chi connectivity index (χ0n) is 11.2. The number of hydrogen-bond acceptors (Lipinski definition) is 4. The molecule has 2 unspecified atom stereocenters. The lowest BCUT2D eigenvalue weighted by Gasteiger charge is -2.13. The molecule has 0 saturated carbocycles. The fraction of sp³-hybridized carbons (Fsp3) is 0.833. The van der Waals surface area contributed by atoms with Gasteiger partial charge in [0.25, 0.3) is 0 Å². The molecule has 1 saturated heterocycles. The van der Waals surface area contributed by atoms with E-state index in [1.165, 1.54) is 0 Å². The van der Waals surface area contributed by atoms with Gasteiger partial charge in [-0.25, -0.2) is 9.59 Å². The molecule has 1 aliphatic rings. The Morgan fingerprint density at radius 3 is 2.74 bits per heavy atom. The minimum absolute atomic E-state index is 0.208. The third kappa shape index (κ3) is 6.40. The van der Waals surface area contributed by atoms with E-state index in [2.05, 4.69) is 10.6 Å². The quantitative estimate of drug-likeness (QED) is 0.555. The topological polar surface area (TPSA) is 96.9 Å². The Bertz CT molecular complexity index is 298. The van der Waals surface area contributed by atoms with Crippen molar-refractivity contribution in [2.75, 3.05) is 26.8 Å². The average Bonchev–Trinajstić information content (AvgIpc) is 2.85. The van der Waals surface area contributed by atoms with Crippen LogP contribution < -0.4 is 10.6 Å². The van der Waals surface area contributed by atoms with Crippen LogP contribution in [0, 0.1) is 0 Å². The zero-order chi connectivity index (χ0) is 14.1. The number of carbonyl (C=O) groups excluding carboxylic acids is 1. The first kappa shape index (κ1) is 15.7. The van der Waals surface area contributed by atoms with Gasteiger partial charge < -0.3 is 25.2 Å². The number of carbonyl (C=O) groups is 2. The summed E-state index contributed by atoms with van der Waals surface area (Å²) in [6, 6.07) is -0.250. The maximum atomic E-state index is 11.4. The highest BCUT2D eigenvalue weighted by atomic mass is 16.5. The number of rotatable bonds is 8. The molecule has 0 aromatic carbocycles. The van der Waals surface area contributed by atoms with Crippen LogP contribution in [-0.4, -0.2) is 56.1 Å². The van der Waals surface area contributed by atoms with Crippen LogP contribution in [0.3, 0.4) is 0 Å². The molecule has 1 heterocycles. The van der Waals surface area contributed by atoms with Crippen molar-refractivity contribution in [2.45, 2.75) is 37.9 Å². The first-order chi connectivity index (χ1) is 9.13. The summed E-state index contributed by atoms with van der Waals surface area (Å²) in [6.45, 7) is 1.63. The lowest BCUT2D eigenvalue weighted by atomic mass is 10.2. The Labute approximate surface area is 112 Å². The lowest BCUT2D eigenvalue weighted by molar-refractivity contribution is -0.149. The van der Waals surface area contributed by atoms with Gasteiger partial charge in [0.1, 0.15) is 0 Å². The number of amides is 2. The molecule has 0 aromatic rings. The van der Waals surface area contributed by atoms with Gasteiger partial charge in [0.05, 0.1) is 6.10 Å². The van der Waals surface area contributed by atoms with E-state index in [0.29, 0.717) is 32.5 Å². The number of carboxylic acids is 1. The third-order valence-corrected chi connectivity index (χ3v) is 2.93. The van der Waals surface area contributed by atoms with Gasteiger partial charge in [-0.2, -0.15) is 0 Å². The summed E-state index contributed by atoms with van der Waals surface area (Å²) >= 11 is 0. The molecule has 0 radical (unpaired) electrons. The van der Waals surface area contributed by atoms with E-state index in [0.717, 1.165) is 12.8 Å². The van der Waals surface area contributed by atoms with Gasteiger partial charge in [-0.05, 0) is 25.7 Å². The van der Waals surface area contributed by atoms with Crippen LogP contribution in [0.2, 0.25) is 0 Å². The molecule has 0 spiro atoms. The van der Waals surface area contributed by atoms with Crippen molar-refractivity contribution >= 4 is 12.0 Å². The van der Waals surface area contributed by atoms with E-state index in [4.69, 9.17) is 14.6 Å². The van der Waals surface area contributed by atoms with Crippen molar-refractivity contribution < 1.29 is 24.2 Å². The van der Waals surface area contributed by atoms with Gasteiger partial charge in [0.15, 0.2) is 6.10 Å². The zero-order valence-corrected chi connectivity index (χ0v) is 11.2. The van der Waals surface area contributed by atoms with Crippen molar-refractivity contribution in [2.24, 2.45) is 0 Å². The van der Waals surface area contributed by atoms with Crippen LogP contribution in [0.1, 0.15) is 25.7 Å². The highest BCUT2D eigenvalue weighted by molar-refractivity contribution is 5.74. The van der Waals surface area contributed by atoms with Crippen molar-refractivity contribution in [1.82, 2.24) is 10.6 Å². The second-order valence-electron chi connectivity index (χ2n) is 4.50. The van der Waals surface area contributed by atoms with E-state index in [9.17, 15) is 9.59 Å². The number of hydrogen-bond donors (Lipinski definition) is 3. The van der Waals surface area contributed by atoms with Crippen LogP contribution in [0.15, 0.2) is 0 Å². The fourth-order valence-electron chi connectivity index (χ4n) is 1.88. The molecule has 1 aliphatic heterocycles. The SMILES string of the molecule is COCCCCNC(=O)NCC1CCC(C(=O)O)O1. The number of ether oxygens (including phenoxy) is 2. The van der Waals surface area contributed by atoms with Crippen molar-refractivity contribution in [1.29, 1.82) is 0 Å². The molecule has 0 bridgehead atoms. The molecule has 2 amide bonds. The van der Waals surface area contributed by atoms with Crippen LogP contribution in [-0.2, 0) is 14.3 Å². The maximum Gasteiger partial charge on any atom is 0.332 e. The number of methoxy groups -OCH3 is 1. The molecule has 0 aliphatic carbocycles. The summed E-state index contributed by atoms with van der Waals surface area (Å²) in [5.74, 6) is -0.940. The summed E-state index contributed by atoms with van der Waals surface area (Å²) in [4.78, 5) is 22.1. The second-order valence-corrected chi connectivity index (χ2v) is 4.50. The molecule has 1 rings (SSSR count). The summed E-state index contributed by atoms with van der Waals surface area (Å²) in [5, 5.41) is 14.2. The first-order valence-electron chi connectivity index (χ1n) is 6.52. The normalized spacial score (nSPS) is 22.2. The second kappa shape index (κ2) is 8.71. The smallest absolute Gasteiger partial charge is 0.332 e. The number of unbranched alkanes of at least 4 members (excludes halogenated alkanes) is 1. The first-order valence-corrected chi connectivity index (χ1v) is 6.52. The molecule has 7 nitrogen and oxygen atoms in total. The summed E-state index contributed by atoms with van der Waals surface area (Å²) < 4.78 is 10.2. The molecule has 3 N–H and O–H groups in total. The van der Waals surface area contributed by atoms with Crippen LogP contribution in [0.25, 0.3) is 0 Å². The van der Waals surface area contributed by atoms with E-state index in [1.54, 1.807) is 7.11 Å². The van der Waals surface area contributed by atoms with Crippen LogP contribution in [0.5, 0.6) is 0 Å². The van der Waals surface area contributed by atoms with E-state index >= 15 is 0 Å². The van der Waals surface area contributed by atoms with E-state index < -0.39 is 12.1 Å². The van der Waals surface area contributed by atoms with Crippen LogP contribution >= 0.6 is 0 Å². The number of nitrogens with one attached hydrogen (secondary N) is 2. The minimum atomic E-state index is -0.940. The molecule has 7 heteroatoms. The predicted octanol–water partition coefficient (Wildman–Crippen LogP) is 0.344. The Morgan fingerprint density at radius 2 is 2.11 bits per heavy atom. The molecular formula is C12H22N2O5. The number of urea groups is 1. The van der Waals surface area contributed by atoms with Crippen molar-refractivity contribution in [3.8, 4) is 0 Å². The Morgan fingerprint density at radius 1 is 1.32 bits per heavy atom. The van der Waals surface area contributed by atoms with Gasteiger partial charge in [0, 0.05) is 26.8 Å². The Hall–Kier alpha value is -1.34.